The molecule has 2 atom stereocenters. The molecule has 2 unspecified atom stereocenters. The van der Waals surface area contributed by atoms with Crippen LogP contribution in [0.15, 0.2) is 6.33 Å². The highest BCUT2D eigenvalue weighted by atomic mass is 16.5. The van der Waals surface area contributed by atoms with Crippen LogP contribution in [0.1, 0.15) is 31.7 Å². The molecule has 0 radical (unpaired) electrons. The van der Waals surface area contributed by atoms with E-state index in [4.69, 9.17) is 4.74 Å². The van der Waals surface area contributed by atoms with Crippen LogP contribution in [0, 0.1) is 0 Å². The van der Waals surface area contributed by atoms with Gasteiger partial charge >= 0.3 is 5.97 Å². The molecule has 0 bridgehead atoms. The molecular formula is C11H17N3O2. The number of aromatic amines is 1. The summed E-state index contributed by atoms with van der Waals surface area (Å²) in [6, 6.07) is -0.259. The summed E-state index contributed by atoms with van der Waals surface area (Å²) >= 11 is 0. The first-order chi connectivity index (χ1) is 7.70. The average Bonchev–Trinajstić information content (AvgIpc) is 2.75. The van der Waals surface area contributed by atoms with E-state index in [1.165, 1.54) is 0 Å². The summed E-state index contributed by atoms with van der Waals surface area (Å²) in [5.74, 6) is -0.178. The molecule has 1 aliphatic rings. The van der Waals surface area contributed by atoms with Crippen LogP contribution in [-0.4, -0.2) is 28.1 Å². The van der Waals surface area contributed by atoms with Gasteiger partial charge in [-0.25, -0.2) is 4.98 Å². The number of rotatable bonds is 3. The summed E-state index contributed by atoms with van der Waals surface area (Å²) in [7, 11) is 0. The molecule has 0 aromatic carbocycles. The number of H-pyrrole nitrogens is 1. The number of ether oxygens (including phenoxy) is 1. The minimum atomic E-state index is -0.259. The molecule has 0 saturated carbocycles. The fraction of sp³-hybridized carbons (Fsp3) is 0.636. The van der Waals surface area contributed by atoms with E-state index in [0.29, 0.717) is 13.0 Å². The van der Waals surface area contributed by atoms with Gasteiger partial charge in [0.1, 0.15) is 6.04 Å². The molecule has 2 heterocycles. The maximum absolute atomic E-state index is 11.8. The highest BCUT2D eigenvalue weighted by Crippen LogP contribution is 2.13. The third kappa shape index (κ3) is 2.24. The predicted molar refractivity (Wildman–Crippen MR) is 58.8 cm³/mol. The lowest BCUT2D eigenvalue weighted by molar-refractivity contribution is -0.151. The molecule has 0 spiro atoms. The lowest BCUT2D eigenvalue weighted by Gasteiger charge is -2.23. The molecule has 2 N–H and O–H groups in total. The first kappa shape index (κ1) is 11.1. The highest BCUT2D eigenvalue weighted by molar-refractivity contribution is 5.76. The summed E-state index contributed by atoms with van der Waals surface area (Å²) in [5.41, 5.74) is 2.03. The van der Waals surface area contributed by atoms with E-state index in [1.54, 1.807) is 6.33 Å². The van der Waals surface area contributed by atoms with Gasteiger partial charge in [0.05, 0.1) is 23.8 Å². The number of aromatic nitrogens is 2. The van der Waals surface area contributed by atoms with Gasteiger partial charge in [-0.3, -0.25) is 10.1 Å². The Labute approximate surface area is 94.6 Å². The van der Waals surface area contributed by atoms with Crippen molar-refractivity contribution in [3.8, 4) is 0 Å². The maximum Gasteiger partial charge on any atom is 0.323 e. The Morgan fingerprint density at radius 2 is 2.56 bits per heavy atom. The molecule has 1 aromatic heterocycles. The number of carbonyl (C=O) groups is 1. The average molecular weight is 223 g/mol. The van der Waals surface area contributed by atoms with Crippen molar-refractivity contribution in [2.75, 3.05) is 0 Å². The number of hydrogen-bond donors (Lipinski definition) is 2. The number of imidazole rings is 1. The molecule has 0 fully saturated rings. The summed E-state index contributed by atoms with van der Waals surface area (Å²) in [5, 5.41) is 3.14. The van der Waals surface area contributed by atoms with Crippen molar-refractivity contribution in [1.29, 1.82) is 0 Å². The van der Waals surface area contributed by atoms with Crippen LogP contribution in [0.3, 0.4) is 0 Å². The second-order valence-electron chi connectivity index (χ2n) is 4.12. The van der Waals surface area contributed by atoms with E-state index in [-0.39, 0.29) is 18.1 Å². The second kappa shape index (κ2) is 4.65. The SMILES string of the molecule is CCC(C)OC(=O)C1Cc2nc[nH]c2CN1. The zero-order chi connectivity index (χ0) is 11.5. The van der Waals surface area contributed by atoms with Crippen molar-refractivity contribution in [3.05, 3.63) is 17.7 Å². The predicted octanol–water partition coefficient (Wildman–Crippen LogP) is 0.766. The van der Waals surface area contributed by atoms with Crippen molar-refractivity contribution in [2.45, 2.75) is 45.4 Å². The van der Waals surface area contributed by atoms with Crippen molar-refractivity contribution in [1.82, 2.24) is 15.3 Å². The Bertz CT molecular complexity index is 375. The standard InChI is InChI=1S/C11H17N3O2/c1-3-7(2)16-11(15)9-4-8-10(5-12-9)14-6-13-8/h6-7,9,12H,3-5H2,1-2H3,(H,13,14). The van der Waals surface area contributed by atoms with Gasteiger partial charge in [0.2, 0.25) is 0 Å². The van der Waals surface area contributed by atoms with Gasteiger partial charge in [-0.15, -0.1) is 0 Å². The second-order valence-corrected chi connectivity index (χ2v) is 4.12. The minimum Gasteiger partial charge on any atom is -0.462 e. The van der Waals surface area contributed by atoms with Gasteiger partial charge in [-0.05, 0) is 13.3 Å². The summed E-state index contributed by atoms with van der Waals surface area (Å²) < 4.78 is 5.29. The van der Waals surface area contributed by atoms with Crippen LogP contribution in [0.25, 0.3) is 0 Å². The molecule has 16 heavy (non-hydrogen) atoms. The van der Waals surface area contributed by atoms with Crippen molar-refractivity contribution >= 4 is 5.97 Å². The number of nitrogens with one attached hydrogen (secondary N) is 2. The molecule has 88 valence electrons. The Balaban J connectivity index is 1.95. The largest absolute Gasteiger partial charge is 0.462 e. The third-order valence-corrected chi connectivity index (χ3v) is 2.91. The van der Waals surface area contributed by atoms with Gasteiger partial charge in [0.25, 0.3) is 0 Å². The molecule has 1 aromatic rings. The van der Waals surface area contributed by atoms with Gasteiger partial charge in [-0.2, -0.15) is 0 Å². The van der Waals surface area contributed by atoms with Crippen molar-refractivity contribution in [2.24, 2.45) is 0 Å². The Morgan fingerprint density at radius 1 is 1.75 bits per heavy atom. The number of esters is 1. The van der Waals surface area contributed by atoms with Crippen LogP contribution in [0.2, 0.25) is 0 Å². The van der Waals surface area contributed by atoms with Gasteiger partial charge in [-0.1, -0.05) is 6.92 Å². The summed E-state index contributed by atoms with van der Waals surface area (Å²) in [4.78, 5) is 19.0. The van der Waals surface area contributed by atoms with Gasteiger partial charge in [0.15, 0.2) is 0 Å². The van der Waals surface area contributed by atoms with Crippen LogP contribution >= 0.6 is 0 Å². The maximum atomic E-state index is 11.8. The molecule has 0 saturated heterocycles. The number of nitrogens with zero attached hydrogens (tertiary/aromatic N) is 1. The normalized spacial score (nSPS) is 21.2. The van der Waals surface area contributed by atoms with Crippen LogP contribution in [0.4, 0.5) is 0 Å². The Morgan fingerprint density at radius 3 is 3.31 bits per heavy atom. The topological polar surface area (TPSA) is 67.0 Å². The first-order valence-corrected chi connectivity index (χ1v) is 5.65. The van der Waals surface area contributed by atoms with Crippen molar-refractivity contribution in [3.63, 3.8) is 0 Å². The minimum absolute atomic E-state index is 0.0186. The van der Waals surface area contributed by atoms with Crippen LogP contribution in [0.5, 0.6) is 0 Å². The van der Waals surface area contributed by atoms with Crippen LogP contribution in [-0.2, 0) is 22.5 Å². The molecule has 0 amide bonds. The first-order valence-electron chi connectivity index (χ1n) is 5.65. The third-order valence-electron chi connectivity index (χ3n) is 2.91. The number of fused-ring (bicyclic) bond motifs is 1. The molecule has 5 heteroatoms. The lowest BCUT2D eigenvalue weighted by atomic mass is 10.1. The summed E-state index contributed by atoms with van der Waals surface area (Å²) in [6.45, 7) is 4.55. The molecule has 5 nitrogen and oxygen atoms in total. The van der Waals surface area contributed by atoms with Crippen molar-refractivity contribution < 1.29 is 9.53 Å². The molecule has 1 aliphatic heterocycles. The number of carbonyl (C=O) groups excluding carboxylic acids is 1. The Kier molecular flexibility index (Phi) is 3.24. The van der Waals surface area contributed by atoms with E-state index in [9.17, 15) is 4.79 Å². The van der Waals surface area contributed by atoms with E-state index in [2.05, 4.69) is 15.3 Å². The zero-order valence-corrected chi connectivity index (χ0v) is 9.62. The van der Waals surface area contributed by atoms with E-state index < -0.39 is 0 Å². The monoisotopic (exact) mass is 223 g/mol. The molecular weight excluding hydrogens is 206 g/mol. The molecule has 0 aliphatic carbocycles. The zero-order valence-electron chi connectivity index (χ0n) is 9.62. The fourth-order valence-electron chi connectivity index (χ4n) is 1.70. The fourth-order valence-corrected chi connectivity index (χ4v) is 1.70. The summed E-state index contributed by atoms with van der Waals surface area (Å²) in [6.07, 6.45) is 3.09. The van der Waals surface area contributed by atoms with Gasteiger partial charge in [0, 0.05) is 13.0 Å². The quantitative estimate of drug-likeness (QED) is 0.743. The smallest absolute Gasteiger partial charge is 0.323 e. The molecule has 2 rings (SSSR count). The number of hydrogen-bond acceptors (Lipinski definition) is 4. The van der Waals surface area contributed by atoms with E-state index >= 15 is 0 Å². The van der Waals surface area contributed by atoms with Crippen LogP contribution < -0.4 is 5.32 Å². The van der Waals surface area contributed by atoms with E-state index in [0.717, 1.165) is 17.8 Å². The Hall–Kier alpha value is -1.36. The highest BCUT2D eigenvalue weighted by Gasteiger charge is 2.27. The van der Waals surface area contributed by atoms with Gasteiger partial charge < -0.3 is 9.72 Å². The van der Waals surface area contributed by atoms with E-state index in [1.807, 2.05) is 13.8 Å². The lowest BCUT2D eigenvalue weighted by Crippen LogP contribution is -2.43.